The zero-order chi connectivity index (χ0) is 18.4. The van der Waals surface area contributed by atoms with E-state index in [0.717, 1.165) is 12.1 Å². The molecule has 0 radical (unpaired) electrons. The molecular formula is C16H15F3N4O2S. The van der Waals surface area contributed by atoms with Gasteiger partial charge in [0.15, 0.2) is 17.5 Å². The van der Waals surface area contributed by atoms with Gasteiger partial charge in [-0.05, 0) is 24.6 Å². The number of nitrogens with zero attached hydrogens (tertiary/aromatic N) is 4. The molecule has 10 heteroatoms. The van der Waals surface area contributed by atoms with Crippen molar-refractivity contribution in [3.63, 3.8) is 0 Å². The fourth-order valence-corrected chi connectivity index (χ4v) is 4.29. The molecule has 3 heterocycles. The molecule has 0 amide bonds. The third kappa shape index (κ3) is 2.83. The minimum absolute atomic E-state index is 0.146. The number of hydrogen-bond donors (Lipinski definition) is 1. The van der Waals surface area contributed by atoms with Crippen molar-refractivity contribution in [1.29, 1.82) is 0 Å². The lowest BCUT2D eigenvalue weighted by molar-refractivity contribution is 0.0240. The normalized spacial score (nSPS) is 17.1. The lowest BCUT2D eigenvalue weighted by Gasteiger charge is -2.34. The van der Waals surface area contributed by atoms with E-state index in [1.807, 2.05) is 4.90 Å². The lowest BCUT2D eigenvalue weighted by Crippen LogP contribution is -2.39. The first kappa shape index (κ1) is 17.3. The highest BCUT2D eigenvalue weighted by Gasteiger charge is 2.31. The maximum Gasteiger partial charge on any atom is 0.230 e. The summed E-state index contributed by atoms with van der Waals surface area (Å²) >= 11 is 1.18. The molecular weight excluding hydrogens is 369 g/mol. The van der Waals surface area contributed by atoms with Gasteiger partial charge < -0.3 is 9.84 Å². The number of rotatable bonds is 3. The smallest absolute Gasteiger partial charge is 0.230 e. The number of hydrogen-bond acceptors (Lipinski definition) is 6. The molecule has 1 unspecified atom stereocenters. The summed E-state index contributed by atoms with van der Waals surface area (Å²) in [5, 5.41) is 14.7. The van der Waals surface area contributed by atoms with Crippen LogP contribution in [-0.4, -0.2) is 50.9 Å². The molecule has 1 atom stereocenters. The van der Waals surface area contributed by atoms with Crippen molar-refractivity contribution < 1.29 is 23.0 Å². The first-order chi connectivity index (χ1) is 12.5. The van der Waals surface area contributed by atoms with Crippen LogP contribution in [0.4, 0.5) is 13.2 Å². The zero-order valence-corrected chi connectivity index (χ0v) is 14.6. The Morgan fingerprint density at radius 2 is 1.85 bits per heavy atom. The fraction of sp³-hybridized carbons (Fsp3) is 0.375. The van der Waals surface area contributed by atoms with Crippen LogP contribution in [0.5, 0.6) is 5.88 Å². The van der Waals surface area contributed by atoms with Gasteiger partial charge in [-0.3, -0.25) is 4.90 Å². The molecule has 138 valence electrons. The van der Waals surface area contributed by atoms with Crippen LogP contribution >= 0.6 is 11.3 Å². The Balaban J connectivity index is 1.87. The van der Waals surface area contributed by atoms with Crippen LogP contribution in [0.2, 0.25) is 0 Å². The Morgan fingerprint density at radius 3 is 2.46 bits per heavy atom. The van der Waals surface area contributed by atoms with Crippen LogP contribution in [0.15, 0.2) is 12.1 Å². The Labute approximate surface area is 150 Å². The van der Waals surface area contributed by atoms with E-state index < -0.39 is 23.5 Å². The van der Waals surface area contributed by atoms with Gasteiger partial charge in [-0.1, -0.05) is 11.3 Å². The maximum atomic E-state index is 13.8. The number of halogens is 3. The molecule has 1 fully saturated rings. The molecule has 0 bridgehead atoms. The third-order valence-corrected chi connectivity index (χ3v) is 5.36. The second-order valence-electron chi connectivity index (χ2n) is 5.99. The van der Waals surface area contributed by atoms with Crippen LogP contribution in [0.25, 0.3) is 4.96 Å². The van der Waals surface area contributed by atoms with Crippen LogP contribution in [0.3, 0.4) is 0 Å². The molecule has 3 aromatic rings. The average Bonchev–Trinajstić information content (AvgIpc) is 3.12. The molecule has 2 aromatic heterocycles. The van der Waals surface area contributed by atoms with Crippen LogP contribution in [0.1, 0.15) is 22.3 Å². The SMILES string of the molecule is Cc1nc2sc(C(c3cc(F)c(F)c(F)c3)N3CCOCC3)c(O)n2n1. The van der Waals surface area contributed by atoms with E-state index in [2.05, 4.69) is 10.1 Å². The summed E-state index contributed by atoms with van der Waals surface area (Å²) in [7, 11) is 0. The molecule has 0 saturated carbocycles. The van der Waals surface area contributed by atoms with Gasteiger partial charge in [0.25, 0.3) is 0 Å². The van der Waals surface area contributed by atoms with Crippen LogP contribution in [-0.2, 0) is 4.74 Å². The molecule has 1 N–H and O–H groups in total. The second kappa shape index (κ2) is 6.53. The van der Waals surface area contributed by atoms with E-state index >= 15 is 0 Å². The number of morpholine rings is 1. The van der Waals surface area contributed by atoms with E-state index in [0.29, 0.717) is 42.0 Å². The van der Waals surface area contributed by atoms with Gasteiger partial charge in [-0.25, -0.2) is 18.2 Å². The van der Waals surface area contributed by atoms with Crippen molar-refractivity contribution in [3.05, 3.63) is 45.8 Å². The quantitative estimate of drug-likeness (QED) is 0.704. The summed E-state index contributed by atoms with van der Waals surface area (Å²) in [5.74, 6) is -3.70. The second-order valence-corrected chi connectivity index (χ2v) is 7.00. The summed E-state index contributed by atoms with van der Waals surface area (Å²) < 4.78 is 47.7. The van der Waals surface area contributed by atoms with E-state index in [4.69, 9.17) is 4.74 Å². The summed E-state index contributed by atoms with van der Waals surface area (Å²) in [6, 6.07) is 1.25. The van der Waals surface area contributed by atoms with Crippen molar-refractivity contribution in [1.82, 2.24) is 19.5 Å². The largest absolute Gasteiger partial charge is 0.492 e. The van der Waals surface area contributed by atoms with Gasteiger partial charge in [0.05, 0.1) is 24.1 Å². The monoisotopic (exact) mass is 384 g/mol. The summed E-state index contributed by atoms with van der Waals surface area (Å²) in [6.07, 6.45) is 0. The number of benzene rings is 1. The van der Waals surface area contributed by atoms with Crippen LogP contribution in [0, 0.1) is 24.4 Å². The van der Waals surface area contributed by atoms with Gasteiger partial charge in [0.2, 0.25) is 10.8 Å². The van der Waals surface area contributed by atoms with E-state index in [-0.39, 0.29) is 11.4 Å². The number of aryl methyl sites for hydroxylation is 1. The first-order valence-electron chi connectivity index (χ1n) is 7.97. The van der Waals surface area contributed by atoms with Crippen molar-refractivity contribution in [2.75, 3.05) is 26.3 Å². The molecule has 1 aliphatic heterocycles. The van der Waals surface area contributed by atoms with Crippen LogP contribution < -0.4 is 0 Å². The maximum absolute atomic E-state index is 13.8. The van der Waals surface area contributed by atoms with Gasteiger partial charge in [0.1, 0.15) is 5.82 Å². The van der Waals surface area contributed by atoms with Gasteiger partial charge in [-0.15, -0.1) is 5.10 Å². The fourth-order valence-electron chi connectivity index (χ4n) is 3.12. The molecule has 0 spiro atoms. The van der Waals surface area contributed by atoms with E-state index in [1.54, 1.807) is 6.92 Å². The van der Waals surface area contributed by atoms with Gasteiger partial charge >= 0.3 is 0 Å². The summed E-state index contributed by atoms with van der Waals surface area (Å²) in [6.45, 7) is 3.59. The minimum Gasteiger partial charge on any atom is -0.492 e. The molecule has 0 aliphatic carbocycles. The summed E-state index contributed by atoms with van der Waals surface area (Å²) in [4.78, 5) is 7.05. The third-order valence-electron chi connectivity index (χ3n) is 4.29. The number of aromatic hydroxyl groups is 1. The molecule has 1 aromatic carbocycles. The Kier molecular flexibility index (Phi) is 4.33. The highest BCUT2D eigenvalue weighted by atomic mass is 32.1. The summed E-state index contributed by atoms with van der Waals surface area (Å²) in [5.41, 5.74) is 0.208. The van der Waals surface area contributed by atoms with Gasteiger partial charge in [-0.2, -0.15) is 4.52 Å². The molecule has 1 aliphatic rings. The first-order valence-corrected chi connectivity index (χ1v) is 8.78. The zero-order valence-electron chi connectivity index (χ0n) is 13.7. The minimum atomic E-state index is -1.52. The molecule has 4 rings (SSSR count). The van der Waals surface area contributed by atoms with E-state index in [1.165, 1.54) is 15.9 Å². The number of ether oxygens (including phenoxy) is 1. The van der Waals surface area contributed by atoms with E-state index in [9.17, 15) is 18.3 Å². The van der Waals surface area contributed by atoms with Gasteiger partial charge in [0, 0.05) is 13.1 Å². The predicted octanol–water partition coefficient (Wildman–Crippen LogP) is 2.64. The Morgan fingerprint density at radius 1 is 1.19 bits per heavy atom. The highest BCUT2D eigenvalue weighted by molar-refractivity contribution is 7.17. The molecule has 1 saturated heterocycles. The Hall–Kier alpha value is -2.17. The average molecular weight is 384 g/mol. The van der Waals surface area contributed by atoms with Crippen molar-refractivity contribution in [3.8, 4) is 5.88 Å². The number of fused-ring (bicyclic) bond motifs is 1. The van der Waals surface area contributed by atoms with Crippen molar-refractivity contribution in [2.45, 2.75) is 13.0 Å². The van der Waals surface area contributed by atoms with Crippen molar-refractivity contribution in [2.24, 2.45) is 0 Å². The lowest BCUT2D eigenvalue weighted by atomic mass is 10.0. The van der Waals surface area contributed by atoms with Crippen molar-refractivity contribution >= 4 is 16.3 Å². The molecule has 26 heavy (non-hydrogen) atoms. The predicted molar refractivity (Wildman–Crippen MR) is 87.8 cm³/mol. The molecule has 6 nitrogen and oxygen atoms in total. The highest BCUT2D eigenvalue weighted by Crippen LogP contribution is 2.40. The standard InChI is InChI=1S/C16H15F3N4O2S/c1-8-20-16-23(21-8)15(24)14(26-16)13(22-2-4-25-5-3-22)9-6-10(17)12(19)11(18)7-9/h6-7,13,24H,2-5H2,1H3. The number of aromatic nitrogens is 3. The number of thiazole rings is 1. The Bertz CT molecular complexity index is 945. The topological polar surface area (TPSA) is 62.9 Å².